The Hall–Kier alpha value is -2.92. The molecule has 2 aromatic carbocycles. The molecule has 0 bridgehead atoms. The number of carbonyl (C=O) groups excluding carboxylic acids is 2. The average Bonchev–Trinajstić information content (AvgIpc) is 2.84. The van der Waals surface area contributed by atoms with Gasteiger partial charge in [-0.3, -0.25) is 4.79 Å². The van der Waals surface area contributed by atoms with Crippen LogP contribution in [0.1, 0.15) is 34.8 Å². The average molecular weight is 377 g/mol. The van der Waals surface area contributed by atoms with E-state index in [9.17, 15) is 9.59 Å². The van der Waals surface area contributed by atoms with Crippen LogP contribution in [0, 0.1) is 5.92 Å². The summed E-state index contributed by atoms with van der Waals surface area (Å²) in [6.45, 7) is 2.96. The number of methoxy groups -OCH3 is 1. The molecule has 0 radical (unpaired) electrons. The second-order valence-electron chi connectivity index (χ2n) is 7.19. The third-order valence-electron chi connectivity index (χ3n) is 5.55. The molecule has 0 saturated heterocycles. The second-order valence-corrected chi connectivity index (χ2v) is 7.19. The van der Waals surface area contributed by atoms with E-state index >= 15 is 0 Å². The summed E-state index contributed by atoms with van der Waals surface area (Å²) < 4.78 is 11.0. The number of benzene rings is 2. The SMILES string of the molecule is COC(=O)c1ccc(CN2C(=O)[C@]3(OCCC=C[C@@H]3C)c3ccccc32)cc1. The number of para-hydroxylation sites is 1. The van der Waals surface area contributed by atoms with Gasteiger partial charge in [-0.05, 0) is 30.2 Å². The first-order valence-corrected chi connectivity index (χ1v) is 9.47. The zero-order chi connectivity index (χ0) is 19.7. The zero-order valence-corrected chi connectivity index (χ0v) is 16.1. The van der Waals surface area contributed by atoms with Gasteiger partial charge in [0.2, 0.25) is 0 Å². The van der Waals surface area contributed by atoms with E-state index in [4.69, 9.17) is 9.47 Å². The molecule has 2 aliphatic rings. The fourth-order valence-corrected chi connectivity index (χ4v) is 4.09. The molecule has 1 spiro atoms. The third kappa shape index (κ3) is 2.83. The van der Waals surface area contributed by atoms with Crippen LogP contribution in [0.2, 0.25) is 0 Å². The molecule has 2 heterocycles. The van der Waals surface area contributed by atoms with Crippen molar-refractivity contribution < 1.29 is 19.1 Å². The second kappa shape index (κ2) is 7.24. The summed E-state index contributed by atoms with van der Waals surface area (Å²) in [5, 5.41) is 0. The third-order valence-corrected chi connectivity index (χ3v) is 5.55. The number of nitrogens with zero attached hydrogens (tertiary/aromatic N) is 1. The molecule has 2 aromatic rings. The highest BCUT2D eigenvalue weighted by Crippen LogP contribution is 2.48. The lowest BCUT2D eigenvalue weighted by Gasteiger charge is -2.32. The molecule has 0 saturated carbocycles. The maximum atomic E-state index is 13.6. The van der Waals surface area contributed by atoms with Crippen molar-refractivity contribution in [3.8, 4) is 0 Å². The number of hydrogen-bond donors (Lipinski definition) is 0. The van der Waals surface area contributed by atoms with Crippen LogP contribution in [0.15, 0.2) is 60.7 Å². The predicted molar refractivity (Wildman–Crippen MR) is 106 cm³/mol. The minimum absolute atomic E-state index is 0.0372. The Morgan fingerprint density at radius 1 is 1.21 bits per heavy atom. The van der Waals surface area contributed by atoms with Crippen LogP contribution >= 0.6 is 0 Å². The first kappa shape index (κ1) is 18.4. The number of esters is 1. The quantitative estimate of drug-likeness (QED) is 0.603. The van der Waals surface area contributed by atoms with E-state index in [-0.39, 0.29) is 17.8 Å². The normalized spacial score (nSPS) is 23.6. The smallest absolute Gasteiger partial charge is 0.337 e. The van der Waals surface area contributed by atoms with Gasteiger partial charge in [-0.15, -0.1) is 0 Å². The lowest BCUT2D eigenvalue weighted by molar-refractivity contribution is -0.148. The van der Waals surface area contributed by atoms with Crippen molar-refractivity contribution in [1.29, 1.82) is 0 Å². The minimum atomic E-state index is -0.977. The van der Waals surface area contributed by atoms with Gasteiger partial charge in [-0.2, -0.15) is 0 Å². The molecule has 0 N–H and O–H groups in total. The van der Waals surface area contributed by atoms with E-state index in [0.29, 0.717) is 18.7 Å². The lowest BCUT2D eigenvalue weighted by atomic mass is 9.83. The number of hydrogen-bond acceptors (Lipinski definition) is 4. The summed E-state index contributed by atoms with van der Waals surface area (Å²) in [6.07, 6.45) is 4.97. The highest BCUT2D eigenvalue weighted by atomic mass is 16.5. The highest BCUT2D eigenvalue weighted by molar-refractivity contribution is 6.07. The van der Waals surface area contributed by atoms with E-state index in [1.165, 1.54) is 7.11 Å². The highest BCUT2D eigenvalue weighted by Gasteiger charge is 2.55. The summed E-state index contributed by atoms with van der Waals surface area (Å²) in [5.41, 5.74) is 2.25. The predicted octanol–water partition coefficient (Wildman–Crippen LogP) is 3.83. The maximum absolute atomic E-state index is 13.6. The molecule has 0 aromatic heterocycles. The fourth-order valence-electron chi connectivity index (χ4n) is 4.09. The van der Waals surface area contributed by atoms with Crippen LogP contribution in [-0.4, -0.2) is 25.6 Å². The number of amides is 1. The van der Waals surface area contributed by atoms with Crippen molar-refractivity contribution in [2.45, 2.75) is 25.5 Å². The fraction of sp³-hybridized carbons (Fsp3) is 0.304. The van der Waals surface area contributed by atoms with Crippen molar-refractivity contribution in [2.75, 3.05) is 18.6 Å². The van der Waals surface area contributed by atoms with Crippen LogP contribution in [-0.2, 0) is 26.4 Å². The summed E-state index contributed by atoms with van der Waals surface area (Å²) in [5.74, 6) is -0.472. The number of carbonyl (C=O) groups is 2. The lowest BCUT2D eigenvalue weighted by Crippen LogP contribution is -2.46. The molecule has 0 fully saturated rings. The van der Waals surface area contributed by atoms with Crippen molar-refractivity contribution in [3.63, 3.8) is 0 Å². The Labute approximate surface area is 164 Å². The van der Waals surface area contributed by atoms with Gasteiger partial charge in [-0.1, -0.05) is 49.4 Å². The van der Waals surface area contributed by atoms with Gasteiger partial charge in [0, 0.05) is 11.5 Å². The van der Waals surface area contributed by atoms with Gasteiger partial charge in [0.25, 0.3) is 5.91 Å². The van der Waals surface area contributed by atoms with Gasteiger partial charge >= 0.3 is 5.97 Å². The Balaban J connectivity index is 1.70. The molecule has 28 heavy (non-hydrogen) atoms. The summed E-state index contributed by atoms with van der Waals surface area (Å²) in [4.78, 5) is 27.1. The maximum Gasteiger partial charge on any atom is 0.337 e. The Morgan fingerprint density at radius 2 is 1.96 bits per heavy atom. The van der Waals surface area contributed by atoms with Crippen molar-refractivity contribution in [2.24, 2.45) is 5.92 Å². The van der Waals surface area contributed by atoms with Gasteiger partial charge in [0.15, 0.2) is 5.60 Å². The zero-order valence-electron chi connectivity index (χ0n) is 16.1. The molecule has 2 aliphatic heterocycles. The number of rotatable bonds is 3. The number of anilines is 1. The minimum Gasteiger partial charge on any atom is -0.465 e. The molecule has 5 nitrogen and oxygen atoms in total. The van der Waals surface area contributed by atoms with E-state index in [1.54, 1.807) is 17.0 Å². The first-order valence-electron chi connectivity index (χ1n) is 9.47. The molecular formula is C23H23NO4. The van der Waals surface area contributed by atoms with Gasteiger partial charge in [0.1, 0.15) is 0 Å². The Kier molecular flexibility index (Phi) is 4.77. The summed E-state index contributed by atoms with van der Waals surface area (Å²) in [6, 6.07) is 15.0. The molecule has 5 heteroatoms. The largest absolute Gasteiger partial charge is 0.465 e. The summed E-state index contributed by atoms with van der Waals surface area (Å²) >= 11 is 0. The van der Waals surface area contributed by atoms with Gasteiger partial charge < -0.3 is 14.4 Å². The molecular weight excluding hydrogens is 354 g/mol. The van der Waals surface area contributed by atoms with E-state index in [2.05, 4.69) is 12.2 Å². The van der Waals surface area contributed by atoms with E-state index in [0.717, 1.165) is 23.2 Å². The molecule has 1 amide bonds. The van der Waals surface area contributed by atoms with Crippen LogP contribution < -0.4 is 4.90 Å². The number of fused-ring (bicyclic) bond motifs is 2. The number of ether oxygens (including phenoxy) is 2. The molecule has 0 aliphatic carbocycles. The standard InChI is InChI=1S/C23H23NO4/c1-16-7-5-6-14-28-23(16)19-8-3-4-9-20(19)24(22(23)26)15-17-10-12-18(13-11-17)21(25)27-2/h3-5,7-13,16H,6,14-15H2,1-2H3/t16-,23+/m0/s1. The van der Waals surface area contributed by atoms with Crippen LogP contribution in [0.3, 0.4) is 0 Å². The summed E-state index contributed by atoms with van der Waals surface area (Å²) in [7, 11) is 1.36. The topological polar surface area (TPSA) is 55.8 Å². The van der Waals surface area contributed by atoms with Crippen LogP contribution in [0.25, 0.3) is 0 Å². The monoisotopic (exact) mass is 377 g/mol. The molecule has 4 rings (SSSR count). The van der Waals surface area contributed by atoms with Crippen molar-refractivity contribution in [1.82, 2.24) is 0 Å². The van der Waals surface area contributed by atoms with E-state index < -0.39 is 5.60 Å². The van der Waals surface area contributed by atoms with Crippen LogP contribution in [0.5, 0.6) is 0 Å². The van der Waals surface area contributed by atoms with Crippen molar-refractivity contribution >= 4 is 17.6 Å². The first-order chi connectivity index (χ1) is 13.6. The van der Waals surface area contributed by atoms with Crippen LogP contribution in [0.4, 0.5) is 5.69 Å². The van der Waals surface area contributed by atoms with Gasteiger partial charge in [0.05, 0.1) is 31.5 Å². The Bertz CT molecular complexity index is 934. The Morgan fingerprint density at radius 3 is 2.71 bits per heavy atom. The molecule has 2 atom stereocenters. The molecule has 0 unspecified atom stereocenters. The van der Waals surface area contributed by atoms with Crippen molar-refractivity contribution in [3.05, 3.63) is 77.4 Å². The molecule has 144 valence electrons. The van der Waals surface area contributed by atoms with Gasteiger partial charge in [-0.25, -0.2) is 4.79 Å². The van der Waals surface area contributed by atoms with E-state index in [1.807, 2.05) is 43.3 Å².